The van der Waals surface area contributed by atoms with Crippen molar-refractivity contribution in [1.29, 1.82) is 0 Å². The van der Waals surface area contributed by atoms with Crippen molar-refractivity contribution in [3.05, 3.63) is 23.8 Å². The van der Waals surface area contributed by atoms with E-state index in [4.69, 9.17) is 9.84 Å². The van der Waals surface area contributed by atoms with Crippen LogP contribution in [0.25, 0.3) is 0 Å². The number of aliphatic hydroxyl groups is 1. The third kappa shape index (κ3) is 3.44. The van der Waals surface area contributed by atoms with E-state index in [0.717, 1.165) is 5.56 Å². The number of methoxy groups -OCH3 is 1. The van der Waals surface area contributed by atoms with Gasteiger partial charge in [-0.15, -0.1) is 0 Å². The highest BCUT2D eigenvalue weighted by atomic mass is 32.2. The van der Waals surface area contributed by atoms with E-state index in [1.165, 1.54) is 13.2 Å². The first-order chi connectivity index (χ1) is 8.22. The lowest BCUT2D eigenvalue weighted by molar-refractivity contribution is 0.208. The van der Waals surface area contributed by atoms with Crippen molar-refractivity contribution in [2.75, 3.05) is 13.7 Å². The minimum atomic E-state index is -3.73. The lowest BCUT2D eigenvalue weighted by Crippen LogP contribution is -2.46. The third-order valence-corrected chi connectivity index (χ3v) is 4.13. The van der Waals surface area contributed by atoms with E-state index in [9.17, 15) is 8.42 Å². The molecule has 0 bridgehead atoms. The summed E-state index contributed by atoms with van der Waals surface area (Å²) in [5.41, 5.74) is -0.105. The molecule has 0 atom stereocenters. The van der Waals surface area contributed by atoms with Crippen LogP contribution in [0.1, 0.15) is 19.4 Å². The van der Waals surface area contributed by atoms with Crippen molar-refractivity contribution >= 4 is 10.0 Å². The largest absolute Gasteiger partial charge is 0.495 e. The first-order valence-corrected chi connectivity index (χ1v) is 6.99. The zero-order chi connectivity index (χ0) is 14.0. The van der Waals surface area contributed by atoms with Crippen molar-refractivity contribution in [2.24, 2.45) is 0 Å². The number of aliphatic hydroxyl groups excluding tert-OH is 1. The van der Waals surface area contributed by atoms with Crippen LogP contribution < -0.4 is 9.46 Å². The van der Waals surface area contributed by atoms with Gasteiger partial charge in [-0.25, -0.2) is 13.1 Å². The van der Waals surface area contributed by atoms with Crippen LogP contribution in [0, 0.1) is 6.92 Å². The van der Waals surface area contributed by atoms with E-state index in [0.29, 0.717) is 0 Å². The molecule has 0 saturated carbocycles. The van der Waals surface area contributed by atoms with Gasteiger partial charge in [0, 0.05) is 0 Å². The summed E-state index contributed by atoms with van der Waals surface area (Å²) >= 11 is 0. The van der Waals surface area contributed by atoms with E-state index in [1.807, 2.05) is 0 Å². The van der Waals surface area contributed by atoms with Crippen molar-refractivity contribution < 1.29 is 18.3 Å². The molecule has 0 aliphatic carbocycles. The summed E-state index contributed by atoms with van der Waals surface area (Å²) in [6.45, 7) is 4.72. The first kappa shape index (κ1) is 14.9. The second-order valence-corrected chi connectivity index (χ2v) is 6.45. The first-order valence-electron chi connectivity index (χ1n) is 5.51. The highest BCUT2D eigenvalue weighted by molar-refractivity contribution is 7.89. The van der Waals surface area contributed by atoms with Crippen LogP contribution in [0.3, 0.4) is 0 Å². The zero-order valence-electron chi connectivity index (χ0n) is 11.0. The number of benzene rings is 1. The van der Waals surface area contributed by atoms with Gasteiger partial charge in [0.15, 0.2) is 0 Å². The number of rotatable bonds is 5. The van der Waals surface area contributed by atoms with Crippen molar-refractivity contribution in [2.45, 2.75) is 31.2 Å². The summed E-state index contributed by atoms with van der Waals surface area (Å²) in [5, 5.41) is 9.13. The highest BCUT2D eigenvalue weighted by Crippen LogP contribution is 2.25. The molecule has 0 radical (unpaired) electrons. The molecule has 0 amide bonds. The molecule has 0 fully saturated rings. The fraction of sp³-hybridized carbons (Fsp3) is 0.500. The van der Waals surface area contributed by atoms with Gasteiger partial charge in [-0.05, 0) is 38.5 Å². The molecule has 2 N–H and O–H groups in total. The molecule has 0 aromatic heterocycles. The van der Waals surface area contributed by atoms with E-state index in [-0.39, 0.29) is 17.3 Å². The molecular formula is C12H19NO4S. The molecule has 0 saturated heterocycles. The van der Waals surface area contributed by atoms with Crippen LogP contribution in [-0.2, 0) is 10.0 Å². The Kier molecular flexibility index (Phi) is 4.37. The molecule has 0 spiro atoms. The Bertz CT molecular complexity index is 523. The van der Waals surface area contributed by atoms with E-state index in [2.05, 4.69) is 4.72 Å². The molecule has 18 heavy (non-hydrogen) atoms. The van der Waals surface area contributed by atoms with Crippen molar-refractivity contribution in [3.8, 4) is 5.75 Å². The maximum absolute atomic E-state index is 12.2. The van der Waals surface area contributed by atoms with Crippen LogP contribution in [-0.4, -0.2) is 32.8 Å². The topological polar surface area (TPSA) is 75.6 Å². The zero-order valence-corrected chi connectivity index (χ0v) is 11.8. The molecule has 1 rings (SSSR count). The Balaban J connectivity index is 3.24. The smallest absolute Gasteiger partial charge is 0.244 e. The molecular weight excluding hydrogens is 254 g/mol. The second kappa shape index (κ2) is 5.26. The fourth-order valence-electron chi connectivity index (χ4n) is 1.44. The Labute approximate surface area is 108 Å². The van der Waals surface area contributed by atoms with E-state index < -0.39 is 15.6 Å². The van der Waals surface area contributed by atoms with Gasteiger partial charge in [0.25, 0.3) is 0 Å². The number of aryl methyl sites for hydroxylation is 1. The maximum Gasteiger partial charge on any atom is 0.244 e. The summed E-state index contributed by atoms with van der Waals surface area (Å²) in [6, 6.07) is 4.92. The number of sulfonamides is 1. The number of ether oxygens (including phenoxy) is 1. The van der Waals surface area contributed by atoms with Gasteiger partial charge in [0.05, 0.1) is 19.3 Å². The molecule has 0 heterocycles. The van der Waals surface area contributed by atoms with Crippen molar-refractivity contribution in [3.63, 3.8) is 0 Å². The molecule has 1 aromatic carbocycles. The van der Waals surface area contributed by atoms with Gasteiger partial charge < -0.3 is 9.84 Å². The molecule has 1 aromatic rings. The molecule has 0 unspecified atom stereocenters. The average molecular weight is 273 g/mol. The highest BCUT2D eigenvalue weighted by Gasteiger charge is 2.27. The number of hydrogen-bond acceptors (Lipinski definition) is 4. The Morgan fingerprint density at radius 3 is 2.50 bits per heavy atom. The second-order valence-electron chi connectivity index (χ2n) is 4.80. The SMILES string of the molecule is COc1ccc(C)cc1S(=O)(=O)NC(C)(C)CO. The van der Waals surface area contributed by atoms with Crippen LogP contribution in [0.2, 0.25) is 0 Å². The summed E-state index contributed by atoms with van der Waals surface area (Å²) in [6.07, 6.45) is 0. The Morgan fingerprint density at radius 1 is 1.39 bits per heavy atom. The summed E-state index contributed by atoms with van der Waals surface area (Å²) in [7, 11) is -2.31. The Morgan fingerprint density at radius 2 is 2.00 bits per heavy atom. The summed E-state index contributed by atoms with van der Waals surface area (Å²) < 4.78 is 32.0. The van der Waals surface area contributed by atoms with Crippen LogP contribution >= 0.6 is 0 Å². The molecule has 6 heteroatoms. The monoisotopic (exact) mass is 273 g/mol. The predicted molar refractivity (Wildman–Crippen MR) is 69.2 cm³/mol. The van der Waals surface area contributed by atoms with Gasteiger partial charge in [-0.2, -0.15) is 0 Å². The lowest BCUT2D eigenvalue weighted by Gasteiger charge is -2.23. The standard InChI is InChI=1S/C12H19NO4S/c1-9-5-6-10(17-4)11(7-9)18(15,16)13-12(2,3)8-14/h5-7,13-14H,8H2,1-4H3. The van der Waals surface area contributed by atoms with Crippen LogP contribution in [0.4, 0.5) is 0 Å². The van der Waals surface area contributed by atoms with E-state index >= 15 is 0 Å². The summed E-state index contributed by atoms with van der Waals surface area (Å²) in [5.74, 6) is 0.279. The minimum Gasteiger partial charge on any atom is -0.495 e. The third-order valence-electron chi connectivity index (χ3n) is 2.41. The van der Waals surface area contributed by atoms with E-state index in [1.54, 1.807) is 32.9 Å². The van der Waals surface area contributed by atoms with Gasteiger partial charge in [0.2, 0.25) is 10.0 Å². The van der Waals surface area contributed by atoms with Gasteiger partial charge in [-0.3, -0.25) is 0 Å². The Hall–Kier alpha value is -1.11. The quantitative estimate of drug-likeness (QED) is 0.841. The summed E-state index contributed by atoms with van der Waals surface area (Å²) in [4.78, 5) is 0.0755. The molecule has 0 aliphatic rings. The number of nitrogens with one attached hydrogen (secondary N) is 1. The number of hydrogen-bond donors (Lipinski definition) is 2. The van der Waals surface area contributed by atoms with Gasteiger partial charge in [0.1, 0.15) is 10.6 Å². The van der Waals surface area contributed by atoms with Crippen LogP contribution in [0.5, 0.6) is 5.75 Å². The average Bonchev–Trinajstić information content (AvgIpc) is 2.28. The lowest BCUT2D eigenvalue weighted by atomic mass is 10.1. The van der Waals surface area contributed by atoms with Gasteiger partial charge >= 0.3 is 0 Å². The van der Waals surface area contributed by atoms with Crippen LogP contribution in [0.15, 0.2) is 23.1 Å². The van der Waals surface area contributed by atoms with Crippen molar-refractivity contribution in [1.82, 2.24) is 4.72 Å². The van der Waals surface area contributed by atoms with Gasteiger partial charge in [-0.1, -0.05) is 6.07 Å². The molecule has 0 aliphatic heterocycles. The maximum atomic E-state index is 12.2. The normalized spacial score (nSPS) is 12.5. The molecule has 5 nitrogen and oxygen atoms in total. The predicted octanol–water partition coefficient (Wildman–Crippen LogP) is 1.05. The fourth-order valence-corrected chi connectivity index (χ4v) is 3.10. The molecule has 102 valence electrons. The minimum absolute atomic E-state index is 0.0755.